The summed E-state index contributed by atoms with van der Waals surface area (Å²) in [5, 5.41) is 12.6. The maximum Gasteiger partial charge on any atom is 0.341 e. The fourth-order valence-electron chi connectivity index (χ4n) is 4.00. The van der Waals surface area contributed by atoms with Gasteiger partial charge < -0.3 is 15.2 Å². The molecule has 6 nitrogen and oxygen atoms in total. The van der Waals surface area contributed by atoms with E-state index in [1.165, 1.54) is 23.5 Å². The van der Waals surface area contributed by atoms with Crippen molar-refractivity contribution in [2.24, 2.45) is 11.8 Å². The molecule has 3 rings (SSSR count). The smallest absolute Gasteiger partial charge is 0.341 e. The van der Waals surface area contributed by atoms with Gasteiger partial charge in [0.1, 0.15) is 16.4 Å². The van der Waals surface area contributed by atoms with Crippen molar-refractivity contribution in [3.05, 3.63) is 40.5 Å². The molecule has 0 radical (unpaired) electrons. The first-order chi connectivity index (χ1) is 14.8. The zero-order valence-electron chi connectivity index (χ0n) is 17.6. The Balaban J connectivity index is 1.98. The molecule has 0 unspecified atom stereocenters. The number of ether oxygens (including phenoxy) is 1. The molecule has 0 saturated heterocycles. The number of amides is 1. The largest absolute Gasteiger partial charge is 0.481 e. The Kier molecular flexibility index (Phi) is 7.43. The molecule has 166 valence electrons. The third-order valence-electron chi connectivity index (χ3n) is 5.52. The minimum atomic E-state index is -0.975. The summed E-state index contributed by atoms with van der Waals surface area (Å²) < 4.78 is 18.8. The summed E-state index contributed by atoms with van der Waals surface area (Å²) in [5.41, 5.74) is 1.44. The first-order valence-electron chi connectivity index (χ1n) is 10.4. The van der Waals surface area contributed by atoms with Crippen LogP contribution in [0.5, 0.6) is 0 Å². The lowest BCUT2D eigenvalue weighted by molar-refractivity contribution is -0.147. The number of anilines is 1. The summed E-state index contributed by atoms with van der Waals surface area (Å²) in [6, 6.07) is 5.78. The molecule has 2 N–H and O–H groups in total. The molecular formula is C23H26FNO5S. The van der Waals surface area contributed by atoms with E-state index in [1.54, 1.807) is 12.1 Å². The van der Waals surface area contributed by atoms with Crippen LogP contribution in [0.1, 0.15) is 54.3 Å². The highest BCUT2D eigenvalue weighted by atomic mass is 32.1. The van der Waals surface area contributed by atoms with E-state index in [1.807, 2.05) is 13.8 Å². The van der Waals surface area contributed by atoms with E-state index in [2.05, 4.69) is 5.32 Å². The van der Waals surface area contributed by atoms with Gasteiger partial charge in [0.05, 0.1) is 18.4 Å². The molecule has 1 aliphatic carbocycles. The molecule has 1 fully saturated rings. The Morgan fingerprint density at radius 2 is 1.81 bits per heavy atom. The van der Waals surface area contributed by atoms with Gasteiger partial charge in [0.25, 0.3) is 0 Å². The Labute approximate surface area is 184 Å². The van der Waals surface area contributed by atoms with E-state index in [4.69, 9.17) is 4.74 Å². The maximum atomic E-state index is 13.4. The highest BCUT2D eigenvalue weighted by Crippen LogP contribution is 2.41. The van der Waals surface area contributed by atoms with Crippen molar-refractivity contribution < 1.29 is 28.6 Å². The number of benzene rings is 1. The van der Waals surface area contributed by atoms with E-state index in [9.17, 15) is 23.9 Å². The first kappa shape index (κ1) is 22.9. The van der Waals surface area contributed by atoms with Crippen LogP contribution in [-0.4, -0.2) is 29.6 Å². The van der Waals surface area contributed by atoms with Crippen molar-refractivity contribution in [3.63, 3.8) is 0 Å². The maximum absolute atomic E-state index is 13.4. The van der Waals surface area contributed by atoms with Crippen LogP contribution in [0.4, 0.5) is 9.39 Å². The summed E-state index contributed by atoms with van der Waals surface area (Å²) in [5.74, 6) is -3.72. The number of carboxylic acid groups (broad SMARTS) is 1. The number of thiophene rings is 1. The molecule has 2 aromatic rings. The molecule has 1 aromatic heterocycles. The van der Waals surface area contributed by atoms with Crippen LogP contribution in [0.2, 0.25) is 0 Å². The van der Waals surface area contributed by atoms with Gasteiger partial charge in [-0.3, -0.25) is 9.59 Å². The molecule has 1 aliphatic rings. The summed E-state index contributed by atoms with van der Waals surface area (Å²) in [6.45, 7) is 3.93. The number of aliphatic carboxylic acids is 1. The zero-order valence-corrected chi connectivity index (χ0v) is 18.4. The van der Waals surface area contributed by atoms with Crippen LogP contribution >= 0.6 is 11.3 Å². The summed E-state index contributed by atoms with van der Waals surface area (Å²) >= 11 is 1.23. The van der Waals surface area contributed by atoms with Crippen LogP contribution in [-0.2, 0) is 14.3 Å². The predicted octanol–water partition coefficient (Wildman–Crippen LogP) is 5.26. The topological polar surface area (TPSA) is 92.7 Å². The number of carbonyl (C=O) groups excluding carboxylic acids is 2. The molecule has 8 heteroatoms. The molecule has 2 atom stereocenters. The number of carboxylic acids is 1. The van der Waals surface area contributed by atoms with Crippen LogP contribution in [0.3, 0.4) is 0 Å². The standard InChI is InChI=1S/C23H26FNO5S/c1-3-12-30-23(29)19-18(14-8-10-15(24)11-9-14)13(2)31-21(19)25-20(26)16-6-4-5-7-17(16)22(27)28/h8-11,16-17H,3-7,12H2,1-2H3,(H,25,26)(H,27,28)/t16-,17+/m1/s1. The van der Waals surface area contributed by atoms with E-state index in [0.29, 0.717) is 35.4 Å². The van der Waals surface area contributed by atoms with Crippen molar-refractivity contribution in [1.82, 2.24) is 0 Å². The third kappa shape index (κ3) is 5.12. The average molecular weight is 448 g/mol. The average Bonchev–Trinajstić information content (AvgIpc) is 3.08. The van der Waals surface area contributed by atoms with Gasteiger partial charge in [-0.05, 0) is 43.9 Å². The number of rotatable bonds is 7. The number of halogens is 1. The van der Waals surface area contributed by atoms with Crippen molar-refractivity contribution in [2.75, 3.05) is 11.9 Å². The minimum Gasteiger partial charge on any atom is -0.481 e. The first-order valence-corrected chi connectivity index (χ1v) is 11.2. The summed E-state index contributed by atoms with van der Waals surface area (Å²) in [6.07, 6.45) is 3.17. The van der Waals surface area contributed by atoms with Gasteiger partial charge in [-0.15, -0.1) is 11.3 Å². The second-order valence-corrected chi connectivity index (χ2v) is 8.93. The van der Waals surface area contributed by atoms with Crippen LogP contribution < -0.4 is 5.32 Å². The fourth-order valence-corrected chi connectivity index (χ4v) is 5.07. The number of hydrogen-bond donors (Lipinski definition) is 2. The van der Waals surface area contributed by atoms with E-state index in [0.717, 1.165) is 17.7 Å². The second-order valence-electron chi connectivity index (χ2n) is 7.71. The van der Waals surface area contributed by atoms with E-state index in [-0.39, 0.29) is 12.2 Å². The highest BCUT2D eigenvalue weighted by Gasteiger charge is 2.37. The van der Waals surface area contributed by atoms with Crippen molar-refractivity contribution in [1.29, 1.82) is 0 Å². The third-order valence-corrected chi connectivity index (χ3v) is 6.54. The van der Waals surface area contributed by atoms with Crippen LogP contribution in [0, 0.1) is 24.6 Å². The van der Waals surface area contributed by atoms with Gasteiger partial charge in [0.2, 0.25) is 5.91 Å². The van der Waals surface area contributed by atoms with E-state index < -0.39 is 35.5 Å². The Bertz CT molecular complexity index is 969. The molecule has 0 aliphatic heterocycles. The Morgan fingerprint density at radius 3 is 2.42 bits per heavy atom. The molecule has 31 heavy (non-hydrogen) atoms. The van der Waals surface area contributed by atoms with Gasteiger partial charge in [0, 0.05) is 10.4 Å². The molecule has 1 amide bonds. The number of esters is 1. The lowest BCUT2D eigenvalue weighted by Gasteiger charge is -2.27. The molecular weight excluding hydrogens is 421 g/mol. The summed E-state index contributed by atoms with van der Waals surface area (Å²) in [4.78, 5) is 38.3. The normalized spacial score (nSPS) is 18.4. The second kappa shape index (κ2) is 10.0. The van der Waals surface area contributed by atoms with Gasteiger partial charge in [0.15, 0.2) is 0 Å². The Hall–Kier alpha value is -2.74. The minimum absolute atomic E-state index is 0.221. The van der Waals surface area contributed by atoms with Crippen LogP contribution in [0.25, 0.3) is 11.1 Å². The molecule has 1 saturated carbocycles. The fraction of sp³-hybridized carbons (Fsp3) is 0.435. The lowest BCUT2D eigenvalue weighted by atomic mass is 9.78. The summed E-state index contributed by atoms with van der Waals surface area (Å²) in [7, 11) is 0. The number of carbonyl (C=O) groups is 3. The monoisotopic (exact) mass is 447 g/mol. The van der Waals surface area contributed by atoms with E-state index >= 15 is 0 Å². The predicted molar refractivity (Wildman–Crippen MR) is 117 cm³/mol. The van der Waals surface area contributed by atoms with Crippen molar-refractivity contribution in [2.45, 2.75) is 46.0 Å². The number of aryl methyl sites for hydroxylation is 1. The van der Waals surface area contributed by atoms with Crippen molar-refractivity contribution >= 4 is 34.2 Å². The number of nitrogens with one attached hydrogen (secondary N) is 1. The Morgan fingerprint density at radius 1 is 1.16 bits per heavy atom. The quantitative estimate of drug-likeness (QED) is 0.565. The lowest BCUT2D eigenvalue weighted by Crippen LogP contribution is -2.36. The van der Waals surface area contributed by atoms with Crippen molar-refractivity contribution in [3.8, 4) is 11.1 Å². The van der Waals surface area contributed by atoms with Gasteiger partial charge in [-0.2, -0.15) is 0 Å². The van der Waals surface area contributed by atoms with Gasteiger partial charge >= 0.3 is 11.9 Å². The highest BCUT2D eigenvalue weighted by molar-refractivity contribution is 7.17. The zero-order chi connectivity index (χ0) is 22.5. The SMILES string of the molecule is CCCOC(=O)c1c(NC(=O)[C@@H]2CCCC[C@@H]2C(=O)O)sc(C)c1-c1ccc(F)cc1. The molecule has 1 heterocycles. The molecule has 1 aromatic carbocycles. The molecule has 0 spiro atoms. The van der Waals surface area contributed by atoms with Gasteiger partial charge in [-0.1, -0.05) is 31.9 Å². The molecule has 0 bridgehead atoms. The van der Waals surface area contributed by atoms with Crippen LogP contribution in [0.15, 0.2) is 24.3 Å². The van der Waals surface area contributed by atoms with Gasteiger partial charge in [-0.25, -0.2) is 9.18 Å². The number of hydrogen-bond acceptors (Lipinski definition) is 5.